The number of nitrogens with one attached hydrogen (secondary N) is 2. The van der Waals surface area contributed by atoms with Crippen molar-refractivity contribution >= 4 is 5.91 Å². The summed E-state index contributed by atoms with van der Waals surface area (Å²) >= 11 is 0. The summed E-state index contributed by atoms with van der Waals surface area (Å²) < 4.78 is 0. The summed E-state index contributed by atoms with van der Waals surface area (Å²) in [5, 5.41) is 3.05. The molecule has 2 rings (SSSR count). The van der Waals surface area contributed by atoms with E-state index in [4.69, 9.17) is 0 Å². The lowest BCUT2D eigenvalue weighted by molar-refractivity contribution is -0.133. The monoisotopic (exact) mass is 264 g/mol. The molecule has 0 aromatic carbocycles. The van der Waals surface area contributed by atoms with Crippen LogP contribution in [0.4, 0.5) is 0 Å². The Balaban J connectivity index is 1.81. The van der Waals surface area contributed by atoms with E-state index in [1.165, 1.54) is 0 Å². The van der Waals surface area contributed by atoms with Crippen LogP contribution in [-0.2, 0) is 11.2 Å². The zero-order valence-electron chi connectivity index (χ0n) is 11.9. The van der Waals surface area contributed by atoms with Crippen LogP contribution >= 0.6 is 0 Å². The highest BCUT2D eigenvalue weighted by molar-refractivity contribution is 5.82. The topological polar surface area (TPSA) is 61.0 Å². The fourth-order valence-corrected chi connectivity index (χ4v) is 2.74. The predicted octanol–water partition coefficient (Wildman–Crippen LogP) is 1.19. The van der Waals surface area contributed by atoms with Crippen molar-refractivity contribution < 1.29 is 4.79 Å². The first-order chi connectivity index (χ1) is 9.14. The average Bonchev–Trinajstić information content (AvgIpc) is 2.91. The lowest BCUT2D eigenvalue weighted by atomic mass is 9.81. The summed E-state index contributed by atoms with van der Waals surface area (Å²) in [7, 11) is 0. The second-order valence-electron chi connectivity index (χ2n) is 5.57. The molecule has 19 heavy (non-hydrogen) atoms. The van der Waals surface area contributed by atoms with Crippen LogP contribution in [0.2, 0.25) is 0 Å². The first kappa shape index (κ1) is 14.1. The van der Waals surface area contributed by atoms with Gasteiger partial charge >= 0.3 is 0 Å². The Morgan fingerprint density at radius 3 is 3.16 bits per heavy atom. The summed E-state index contributed by atoms with van der Waals surface area (Å²) in [5.41, 5.74) is -0.239. The van der Waals surface area contributed by atoms with E-state index in [1.807, 2.05) is 0 Å². The number of carbonyl (C=O) groups is 1. The van der Waals surface area contributed by atoms with Crippen molar-refractivity contribution in [3.63, 3.8) is 0 Å². The van der Waals surface area contributed by atoms with Crippen molar-refractivity contribution in [2.45, 2.75) is 33.1 Å². The van der Waals surface area contributed by atoms with Crippen molar-refractivity contribution in [3.8, 4) is 0 Å². The number of rotatable bonds is 5. The number of piperidine rings is 1. The van der Waals surface area contributed by atoms with E-state index >= 15 is 0 Å². The van der Waals surface area contributed by atoms with Crippen LogP contribution in [0.15, 0.2) is 12.4 Å². The second kappa shape index (κ2) is 6.19. The zero-order valence-corrected chi connectivity index (χ0v) is 11.9. The number of aromatic nitrogens is 2. The molecular formula is C14H24N4O. The highest BCUT2D eigenvalue weighted by Gasteiger charge is 2.36. The van der Waals surface area contributed by atoms with Crippen LogP contribution in [0.3, 0.4) is 0 Å². The maximum absolute atomic E-state index is 12.3. The molecule has 1 saturated heterocycles. The van der Waals surface area contributed by atoms with Gasteiger partial charge in [-0.15, -0.1) is 0 Å². The Kier molecular flexibility index (Phi) is 4.58. The van der Waals surface area contributed by atoms with Crippen molar-refractivity contribution in [2.75, 3.05) is 26.2 Å². The number of aromatic amines is 1. The molecule has 0 bridgehead atoms. The van der Waals surface area contributed by atoms with Crippen LogP contribution in [-0.4, -0.2) is 47.0 Å². The molecule has 5 nitrogen and oxygen atoms in total. The standard InChI is InChI=1S/C14H24N4O/c1-3-18-10-4-6-14(2,11-18)13(19)17-7-5-12-15-8-9-16-12/h8-9H,3-7,10-11H2,1-2H3,(H,15,16)(H,17,19)/t14-/m0/s1. The van der Waals surface area contributed by atoms with Crippen molar-refractivity contribution in [2.24, 2.45) is 5.41 Å². The molecular weight excluding hydrogens is 240 g/mol. The molecule has 0 spiro atoms. The lowest BCUT2D eigenvalue weighted by Crippen LogP contribution is -2.50. The number of hydrogen-bond donors (Lipinski definition) is 2. The Morgan fingerprint density at radius 1 is 1.63 bits per heavy atom. The number of hydrogen-bond acceptors (Lipinski definition) is 3. The summed E-state index contributed by atoms with van der Waals surface area (Å²) in [6.45, 7) is 7.89. The molecule has 5 heteroatoms. The van der Waals surface area contributed by atoms with Crippen LogP contribution in [0.25, 0.3) is 0 Å². The van der Waals surface area contributed by atoms with Gasteiger partial charge in [0.2, 0.25) is 5.91 Å². The van der Waals surface area contributed by atoms with Crippen molar-refractivity contribution in [1.29, 1.82) is 0 Å². The van der Waals surface area contributed by atoms with Gasteiger partial charge in [0, 0.05) is 31.9 Å². The van der Waals surface area contributed by atoms with E-state index in [1.54, 1.807) is 12.4 Å². The number of amides is 1. The largest absolute Gasteiger partial charge is 0.355 e. The number of carbonyl (C=O) groups excluding carboxylic acids is 1. The Labute approximate surface area is 114 Å². The van der Waals surface area contributed by atoms with Gasteiger partial charge in [-0.1, -0.05) is 6.92 Å². The number of nitrogens with zero attached hydrogens (tertiary/aromatic N) is 2. The molecule has 1 fully saturated rings. The lowest BCUT2D eigenvalue weighted by Gasteiger charge is -2.38. The SMILES string of the molecule is CCN1CCC[C@](C)(C(=O)NCCc2ncc[nH]2)C1. The molecule has 0 unspecified atom stereocenters. The van der Waals surface area contributed by atoms with Gasteiger partial charge in [0.05, 0.1) is 5.41 Å². The van der Waals surface area contributed by atoms with Crippen molar-refractivity contribution in [1.82, 2.24) is 20.2 Å². The van der Waals surface area contributed by atoms with Crippen LogP contribution in [0.1, 0.15) is 32.5 Å². The minimum Gasteiger partial charge on any atom is -0.355 e. The van der Waals surface area contributed by atoms with Crippen LogP contribution in [0.5, 0.6) is 0 Å². The van der Waals surface area contributed by atoms with Crippen LogP contribution in [0, 0.1) is 5.41 Å². The number of H-pyrrole nitrogens is 1. The first-order valence-corrected chi connectivity index (χ1v) is 7.13. The molecule has 2 heterocycles. The molecule has 0 saturated carbocycles. The van der Waals surface area contributed by atoms with Crippen molar-refractivity contribution in [3.05, 3.63) is 18.2 Å². The number of imidazole rings is 1. The molecule has 1 aromatic heterocycles. The summed E-state index contributed by atoms with van der Waals surface area (Å²) in [6.07, 6.45) is 6.38. The van der Waals surface area contributed by atoms with E-state index in [0.717, 1.165) is 44.7 Å². The predicted molar refractivity (Wildman–Crippen MR) is 74.8 cm³/mol. The van der Waals surface area contributed by atoms with Gasteiger partial charge in [0.25, 0.3) is 0 Å². The minimum absolute atomic E-state index is 0.178. The maximum atomic E-state index is 12.3. The van der Waals surface area contributed by atoms with Gasteiger partial charge in [0.1, 0.15) is 5.82 Å². The molecule has 2 N–H and O–H groups in total. The quantitative estimate of drug-likeness (QED) is 0.840. The van der Waals surface area contributed by atoms with E-state index in [9.17, 15) is 4.79 Å². The average molecular weight is 264 g/mol. The first-order valence-electron chi connectivity index (χ1n) is 7.13. The fourth-order valence-electron chi connectivity index (χ4n) is 2.74. The van der Waals surface area contributed by atoms with Gasteiger partial charge in [-0.25, -0.2) is 4.98 Å². The minimum atomic E-state index is -0.239. The Bertz CT molecular complexity index is 404. The zero-order chi connectivity index (χ0) is 13.7. The Hall–Kier alpha value is -1.36. The van der Waals surface area contributed by atoms with E-state index < -0.39 is 0 Å². The summed E-state index contributed by atoms with van der Waals surface area (Å²) in [5.74, 6) is 1.10. The normalized spacial score (nSPS) is 24.3. The maximum Gasteiger partial charge on any atom is 0.227 e. The summed E-state index contributed by atoms with van der Waals surface area (Å²) in [4.78, 5) is 21.9. The molecule has 1 aliphatic rings. The Morgan fingerprint density at radius 2 is 2.47 bits per heavy atom. The molecule has 1 aliphatic heterocycles. The van der Waals surface area contributed by atoms with Crippen LogP contribution < -0.4 is 5.32 Å². The van der Waals surface area contributed by atoms with E-state index in [2.05, 4.69) is 34.0 Å². The van der Waals surface area contributed by atoms with Gasteiger partial charge < -0.3 is 15.2 Å². The van der Waals surface area contributed by atoms with E-state index in [0.29, 0.717) is 6.54 Å². The van der Waals surface area contributed by atoms with Gasteiger partial charge in [0.15, 0.2) is 0 Å². The highest BCUT2D eigenvalue weighted by Crippen LogP contribution is 2.29. The number of likely N-dealkylation sites (tertiary alicyclic amines) is 1. The fraction of sp³-hybridized carbons (Fsp3) is 0.714. The highest BCUT2D eigenvalue weighted by atomic mass is 16.2. The molecule has 1 atom stereocenters. The molecule has 0 radical (unpaired) electrons. The second-order valence-corrected chi connectivity index (χ2v) is 5.57. The van der Waals surface area contributed by atoms with Gasteiger partial charge in [-0.2, -0.15) is 0 Å². The third kappa shape index (κ3) is 3.56. The smallest absolute Gasteiger partial charge is 0.227 e. The molecule has 106 valence electrons. The molecule has 0 aliphatic carbocycles. The molecule has 1 amide bonds. The van der Waals surface area contributed by atoms with E-state index in [-0.39, 0.29) is 11.3 Å². The summed E-state index contributed by atoms with van der Waals surface area (Å²) in [6, 6.07) is 0. The third-order valence-electron chi connectivity index (χ3n) is 3.97. The molecule has 1 aromatic rings. The van der Waals surface area contributed by atoms with Gasteiger partial charge in [-0.3, -0.25) is 4.79 Å². The van der Waals surface area contributed by atoms with Gasteiger partial charge in [-0.05, 0) is 32.9 Å². The third-order valence-corrected chi connectivity index (χ3v) is 3.97.